The van der Waals surface area contributed by atoms with Gasteiger partial charge in [0.1, 0.15) is 17.0 Å². The summed E-state index contributed by atoms with van der Waals surface area (Å²) in [4.78, 5) is 22.4. The van der Waals surface area contributed by atoms with E-state index < -0.39 is 0 Å². The molecule has 0 atom stereocenters. The normalized spacial score (nSPS) is 10.9. The van der Waals surface area contributed by atoms with Crippen LogP contribution < -0.4 is 26.8 Å². The highest BCUT2D eigenvalue weighted by Gasteiger charge is 2.25. The molecule has 0 aliphatic heterocycles. The van der Waals surface area contributed by atoms with Crippen molar-refractivity contribution in [3.63, 3.8) is 0 Å². The minimum atomic E-state index is -0.133. The fraction of sp³-hybridized carbons (Fsp3) is 0.280. The van der Waals surface area contributed by atoms with Gasteiger partial charge >= 0.3 is 0 Å². The van der Waals surface area contributed by atoms with Crippen LogP contribution in [0.1, 0.15) is 17.3 Å². The van der Waals surface area contributed by atoms with Gasteiger partial charge in [0.05, 0.1) is 24.0 Å². The van der Waals surface area contributed by atoms with Crippen LogP contribution in [0.2, 0.25) is 0 Å². The smallest absolute Gasteiger partial charge is 0.263 e. The first-order chi connectivity index (χ1) is 15.5. The number of para-hydroxylation sites is 1. The van der Waals surface area contributed by atoms with Crippen LogP contribution in [-0.4, -0.2) is 56.7 Å². The number of nitrogens with zero attached hydrogens (tertiary/aromatic N) is 3. The monoisotopic (exact) mass is 484 g/mol. The maximum absolute atomic E-state index is 13.8. The van der Waals surface area contributed by atoms with E-state index in [1.165, 1.54) is 11.3 Å². The summed E-state index contributed by atoms with van der Waals surface area (Å²) in [7, 11) is 5.58. The fourth-order valence-corrected chi connectivity index (χ4v) is 4.59. The third kappa shape index (κ3) is 5.21. The van der Waals surface area contributed by atoms with Gasteiger partial charge in [0.2, 0.25) is 0 Å². The van der Waals surface area contributed by atoms with E-state index >= 15 is 0 Å². The Kier molecular flexibility index (Phi) is 8.13. The summed E-state index contributed by atoms with van der Waals surface area (Å²) in [6.45, 7) is 3.72. The second kappa shape index (κ2) is 10.8. The van der Waals surface area contributed by atoms with Crippen molar-refractivity contribution in [2.75, 3.05) is 45.8 Å². The van der Waals surface area contributed by atoms with E-state index in [1.807, 2.05) is 75.6 Å². The molecule has 1 aromatic heterocycles. The van der Waals surface area contributed by atoms with Gasteiger partial charge in [-0.15, -0.1) is 0 Å². The molecule has 0 aliphatic rings. The highest BCUT2D eigenvalue weighted by atomic mass is 35.5. The Morgan fingerprint density at radius 3 is 2.39 bits per heavy atom. The highest BCUT2D eigenvalue weighted by molar-refractivity contribution is 7.22. The minimum Gasteiger partial charge on any atom is -1.00 e. The molecule has 1 heterocycles. The Balaban J connectivity index is 0.00000306. The lowest BCUT2D eigenvalue weighted by atomic mass is 10.0. The second-order valence-corrected chi connectivity index (χ2v) is 8.70. The van der Waals surface area contributed by atoms with E-state index in [1.54, 1.807) is 12.0 Å². The molecular formula is C25H27ClN3O3S-. The number of benzene rings is 3. The number of ether oxygens (including phenoxy) is 2. The zero-order valence-electron chi connectivity index (χ0n) is 19.2. The van der Waals surface area contributed by atoms with Gasteiger partial charge in [0, 0.05) is 13.1 Å². The predicted molar refractivity (Wildman–Crippen MR) is 132 cm³/mol. The van der Waals surface area contributed by atoms with Crippen LogP contribution in [0.15, 0.2) is 54.6 Å². The number of hydrogen-bond acceptors (Lipinski definition) is 6. The summed E-state index contributed by atoms with van der Waals surface area (Å²) in [5.41, 5.74) is 1.30. The van der Waals surface area contributed by atoms with E-state index in [0.29, 0.717) is 36.1 Å². The fourth-order valence-electron chi connectivity index (χ4n) is 3.58. The van der Waals surface area contributed by atoms with Crippen LogP contribution in [0.4, 0.5) is 5.13 Å². The zero-order chi connectivity index (χ0) is 22.7. The Labute approximate surface area is 204 Å². The third-order valence-corrected chi connectivity index (χ3v) is 6.26. The average molecular weight is 485 g/mol. The van der Waals surface area contributed by atoms with Crippen LogP contribution in [0.25, 0.3) is 21.0 Å². The number of thiazole rings is 1. The maximum atomic E-state index is 13.8. The first kappa shape index (κ1) is 24.8. The number of aromatic nitrogens is 1. The molecular weight excluding hydrogens is 458 g/mol. The number of hydrogen-bond donors (Lipinski definition) is 0. The van der Waals surface area contributed by atoms with E-state index in [2.05, 4.69) is 4.90 Å². The largest absolute Gasteiger partial charge is 1.00 e. The molecule has 0 bridgehead atoms. The van der Waals surface area contributed by atoms with E-state index in [9.17, 15) is 4.79 Å². The Morgan fingerprint density at radius 2 is 1.73 bits per heavy atom. The van der Waals surface area contributed by atoms with Crippen molar-refractivity contribution >= 4 is 43.4 Å². The van der Waals surface area contributed by atoms with Gasteiger partial charge in [0.15, 0.2) is 5.13 Å². The lowest BCUT2D eigenvalue weighted by Crippen LogP contribution is -3.00. The summed E-state index contributed by atoms with van der Waals surface area (Å²) >= 11 is 1.49. The molecule has 3 aromatic carbocycles. The van der Waals surface area contributed by atoms with Gasteiger partial charge in [0.25, 0.3) is 5.91 Å². The standard InChI is InChI=1S/C25H27N3O3S.ClH/c1-5-31-20-11-8-12-22-23(20)26-25(32-22)28(14-13-27(2)3)24(29)19-15-17-9-6-7-10-18(17)16-21(19)30-4;/h6-12,15-16H,5,13-14H2,1-4H3;1H/p-1. The lowest BCUT2D eigenvalue weighted by Gasteiger charge is -2.23. The summed E-state index contributed by atoms with van der Waals surface area (Å²) in [5, 5.41) is 2.67. The summed E-state index contributed by atoms with van der Waals surface area (Å²) in [6, 6.07) is 17.6. The van der Waals surface area contributed by atoms with Gasteiger partial charge in [-0.25, -0.2) is 4.98 Å². The first-order valence-corrected chi connectivity index (χ1v) is 11.4. The van der Waals surface area contributed by atoms with Crippen molar-refractivity contribution in [3.8, 4) is 11.5 Å². The Morgan fingerprint density at radius 1 is 1.00 bits per heavy atom. The number of methoxy groups -OCH3 is 1. The van der Waals surface area contributed by atoms with Gasteiger partial charge in [-0.05, 0) is 56.1 Å². The van der Waals surface area contributed by atoms with Crippen molar-refractivity contribution in [2.24, 2.45) is 0 Å². The molecule has 4 rings (SSSR count). The lowest BCUT2D eigenvalue weighted by molar-refractivity contribution is -0.0000151. The zero-order valence-corrected chi connectivity index (χ0v) is 20.7. The van der Waals surface area contributed by atoms with E-state index in [0.717, 1.165) is 26.7 Å². The van der Waals surface area contributed by atoms with Crippen LogP contribution in [0, 0.1) is 0 Å². The molecule has 8 heteroatoms. The maximum Gasteiger partial charge on any atom is 0.263 e. The Bertz CT molecular complexity index is 1260. The number of carbonyl (C=O) groups excluding carboxylic acids is 1. The third-order valence-electron chi connectivity index (χ3n) is 5.22. The topological polar surface area (TPSA) is 54.9 Å². The molecule has 1 amide bonds. The van der Waals surface area contributed by atoms with Crippen LogP contribution in [-0.2, 0) is 0 Å². The van der Waals surface area contributed by atoms with Crippen molar-refractivity contribution in [1.29, 1.82) is 0 Å². The van der Waals surface area contributed by atoms with E-state index in [4.69, 9.17) is 14.5 Å². The molecule has 0 saturated heterocycles. The SMILES string of the molecule is CCOc1cccc2sc(N(CCN(C)C)C(=O)c3cc4ccccc4cc3OC)nc12.[Cl-]. The number of carbonyl (C=O) groups is 1. The number of halogens is 1. The number of rotatable bonds is 8. The molecule has 4 aromatic rings. The van der Waals surface area contributed by atoms with Gasteiger partial charge in [-0.2, -0.15) is 0 Å². The van der Waals surface area contributed by atoms with Crippen molar-refractivity contribution in [3.05, 3.63) is 60.2 Å². The van der Waals surface area contributed by atoms with Gasteiger partial charge < -0.3 is 26.8 Å². The van der Waals surface area contributed by atoms with Gasteiger partial charge in [-0.1, -0.05) is 41.7 Å². The molecule has 6 nitrogen and oxygen atoms in total. The number of anilines is 1. The molecule has 0 N–H and O–H groups in total. The Hall–Kier alpha value is -2.87. The number of fused-ring (bicyclic) bond motifs is 2. The number of amides is 1. The highest BCUT2D eigenvalue weighted by Crippen LogP contribution is 2.36. The molecule has 174 valence electrons. The second-order valence-electron chi connectivity index (χ2n) is 7.69. The summed E-state index contributed by atoms with van der Waals surface area (Å²) in [6.07, 6.45) is 0. The van der Waals surface area contributed by atoms with Crippen LogP contribution in [0.3, 0.4) is 0 Å². The van der Waals surface area contributed by atoms with Crippen LogP contribution >= 0.6 is 11.3 Å². The van der Waals surface area contributed by atoms with Crippen molar-refractivity contribution < 1.29 is 26.7 Å². The molecule has 0 radical (unpaired) electrons. The summed E-state index contributed by atoms with van der Waals surface area (Å²) in [5.74, 6) is 1.15. The van der Waals surface area contributed by atoms with E-state index in [-0.39, 0.29) is 18.3 Å². The van der Waals surface area contributed by atoms with Crippen molar-refractivity contribution in [1.82, 2.24) is 9.88 Å². The molecule has 33 heavy (non-hydrogen) atoms. The first-order valence-electron chi connectivity index (χ1n) is 10.6. The number of likely N-dealkylation sites (N-methyl/N-ethyl adjacent to an activating group) is 1. The molecule has 0 unspecified atom stereocenters. The average Bonchev–Trinajstić information content (AvgIpc) is 3.23. The summed E-state index contributed by atoms with van der Waals surface area (Å²) < 4.78 is 12.3. The molecule has 0 saturated carbocycles. The molecule has 0 aliphatic carbocycles. The molecule has 0 spiro atoms. The minimum absolute atomic E-state index is 0. The van der Waals surface area contributed by atoms with Gasteiger partial charge in [-0.3, -0.25) is 9.69 Å². The quantitative estimate of drug-likeness (QED) is 0.383. The van der Waals surface area contributed by atoms with Crippen molar-refractivity contribution in [2.45, 2.75) is 6.92 Å². The predicted octanol–water partition coefficient (Wildman–Crippen LogP) is 2.07. The van der Waals surface area contributed by atoms with Crippen LogP contribution in [0.5, 0.6) is 11.5 Å². The molecule has 0 fully saturated rings.